The Hall–Kier alpha value is -1.02. The summed E-state index contributed by atoms with van der Waals surface area (Å²) in [5, 5.41) is 6.75. The average Bonchev–Trinajstić information content (AvgIpc) is 3.19. The molecule has 0 radical (unpaired) electrons. The first-order valence-corrected chi connectivity index (χ1v) is 8.52. The monoisotopic (exact) mass is 445 g/mol. The van der Waals surface area contributed by atoms with Gasteiger partial charge in [-0.05, 0) is 43.4 Å². The van der Waals surface area contributed by atoms with Crippen LogP contribution in [-0.2, 0) is 17.6 Å². The molecule has 134 valence electrons. The van der Waals surface area contributed by atoms with Crippen LogP contribution in [0, 0.1) is 0 Å². The minimum atomic E-state index is -0.0579. The van der Waals surface area contributed by atoms with Crippen molar-refractivity contribution >= 4 is 29.9 Å². The number of halogens is 1. The summed E-state index contributed by atoms with van der Waals surface area (Å²) in [6.45, 7) is 5.49. The Labute approximate surface area is 161 Å². The minimum Gasteiger partial charge on any atom is -0.493 e. The van der Waals surface area contributed by atoms with Crippen LogP contribution >= 0.6 is 24.0 Å². The van der Waals surface area contributed by atoms with Crippen LogP contribution in [0.4, 0.5) is 0 Å². The van der Waals surface area contributed by atoms with Gasteiger partial charge in [0.25, 0.3) is 0 Å². The van der Waals surface area contributed by atoms with Crippen molar-refractivity contribution in [2.45, 2.75) is 38.2 Å². The fourth-order valence-electron chi connectivity index (χ4n) is 3.19. The third-order valence-corrected chi connectivity index (χ3v) is 4.61. The Morgan fingerprint density at radius 1 is 1.29 bits per heavy atom. The molecule has 2 heterocycles. The smallest absolute Gasteiger partial charge is 0.191 e. The Balaban J connectivity index is 0.00000208. The van der Waals surface area contributed by atoms with Gasteiger partial charge in [-0.2, -0.15) is 0 Å². The third kappa shape index (κ3) is 4.99. The second kappa shape index (κ2) is 8.89. The van der Waals surface area contributed by atoms with E-state index < -0.39 is 0 Å². The topological polar surface area (TPSA) is 54.9 Å². The van der Waals surface area contributed by atoms with Gasteiger partial charge in [-0.1, -0.05) is 12.1 Å². The maximum Gasteiger partial charge on any atom is 0.191 e. The molecule has 0 saturated carbocycles. The van der Waals surface area contributed by atoms with Gasteiger partial charge in [-0.3, -0.25) is 4.99 Å². The highest BCUT2D eigenvalue weighted by Gasteiger charge is 2.29. The highest BCUT2D eigenvalue weighted by atomic mass is 127. The molecule has 24 heavy (non-hydrogen) atoms. The Kier molecular flexibility index (Phi) is 7.16. The van der Waals surface area contributed by atoms with E-state index in [2.05, 4.69) is 40.7 Å². The van der Waals surface area contributed by atoms with Crippen molar-refractivity contribution in [2.75, 3.05) is 33.4 Å². The maximum atomic E-state index is 5.79. The lowest BCUT2D eigenvalue weighted by molar-refractivity contribution is 0.0243. The molecule has 0 spiro atoms. The Bertz CT molecular complexity index is 571. The minimum absolute atomic E-state index is 0. The van der Waals surface area contributed by atoms with Crippen LogP contribution in [0.25, 0.3) is 0 Å². The number of rotatable bonds is 5. The number of hydrogen-bond acceptors (Lipinski definition) is 3. The van der Waals surface area contributed by atoms with E-state index in [0.717, 1.165) is 63.7 Å². The summed E-state index contributed by atoms with van der Waals surface area (Å²) in [7, 11) is 1.81. The van der Waals surface area contributed by atoms with E-state index in [4.69, 9.17) is 9.47 Å². The molecule has 0 aliphatic carbocycles. The molecule has 2 aliphatic rings. The number of aliphatic imine (C=N–C) groups is 1. The molecule has 2 aliphatic heterocycles. The number of hydrogen-bond donors (Lipinski definition) is 2. The first-order chi connectivity index (χ1) is 11.2. The maximum absolute atomic E-state index is 5.79. The molecule has 5 nitrogen and oxygen atoms in total. The second-order valence-electron chi connectivity index (χ2n) is 6.55. The molecule has 0 aromatic heterocycles. The highest BCUT2D eigenvalue weighted by Crippen LogP contribution is 2.26. The number of ether oxygens (including phenoxy) is 2. The zero-order valence-corrected chi connectivity index (χ0v) is 16.9. The number of guanidine groups is 1. The predicted molar refractivity (Wildman–Crippen MR) is 108 cm³/mol. The van der Waals surface area contributed by atoms with Crippen molar-refractivity contribution in [1.82, 2.24) is 10.6 Å². The molecule has 0 bridgehead atoms. The first-order valence-electron chi connectivity index (χ1n) is 8.52. The summed E-state index contributed by atoms with van der Waals surface area (Å²) in [4.78, 5) is 4.29. The van der Waals surface area contributed by atoms with Crippen molar-refractivity contribution in [3.05, 3.63) is 29.3 Å². The summed E-state index contributed by atoms with van der Waals surface area (Å²) < 4.78 is 11.3. The molecular formula is C18H28IN3O2. The molecular weight excluding hydrogens is 417 g/mol. The van der Waals surface area contributed by atoms with Gasteiger partial charge in [0, 0.05) is 33.2 Å². The molecule has 1 unspecified atom stereocenters. The molecule has 1 aromatic rings. The lowest BCUT2D eigenvalue weighted by Crippen LogP contribution is -2.45. The van der Waals surface area contributed by atoms with Gasteiger partial charge >= 0.3 is 0 Å². The molecule has 2 N–H and O–H groups in total. The van der Waals surface area contributed by atoms with Crippen LogP contribution in [0.3, 0.4) is 0 Å². The average molecular weight is 445 g/mol. The van der Waals surface area contributed by atoms with Crippen molar-refractivity contribution in [1.29, 1.82) is 0 Å². The summed E-state index contributed by atoms with van der Waals surface area (Å²) in [5.74, 6) is 1.88. The predicted octanol–water partition coefficient (Wildman–Crippen LogP) is 2.52. The van der Waals surface area contributed by atoms with E-state index in [9.17, 15) is 0 Å². The van der Waals surface area contributed by atoms with E-state index in [1.165, 1.54) is 11.1 Å². The zero-order valence-electron chi connectivity index (χ0n) is 14.6. The van der Waals surface area contributed by atoms with Crippen LogP contribution < -0.4 is 15.4 Å². The number of fused-ring (bicyclic) bond motifs is 1. The lowest BCUT2D eigenvalue weighted by atomic mass is 10.0. The van der Waals surface area contributed by atoms with Gasteiger partial charge in [0.1, 0.15) is 5.75 Å². The fourth-order valence-corrected chi connectivity index (χ4v) is 3.19. The quantitative estimate of drug-likeness (QED) is 0.416. The highest BCUT2D eigenvalue weighted by molar-refractivity contribution is 14.0. The van der Waals surface area contributed by atoms with Crippen LogP contribution in [0.1, 0.15) is 30.9 Å². The number of nitrogens with one attached hydrogen (secondary N) is 2. The van der Waals surface area contributed by atoms with Gasteiger partial charge in [-0.25, -0.2) is 0 Å². The van der Waals surface area contributed by atoms with Crippen molar-refractivity contribution in [3.8, 4) is 5.75 Å². The van der Waals surface area contributed by atoms with Crippen LogP contribution in [0.15, 0.2) is 23.2 Å². The molecule has 1 aromatic carbocycles. The van der Waals surface area contributed by atoms with Gasteiger partial charge < -0.3 is 20.1 Å². The van der Waals surface area contributed by atoms with Crippen LogP contribution in [0.5, 0.6) is 5.75 Å². The van der Waals surface area contributed by atoms with E-state index in [0.29, 0.717) is 0 Å². The lowest BCUT2D eigenvalue weighted by Gasteiger charge is -2.24. The van der Waals surface area contributed by atoms with Crippen LogP contribution in [-0.4, -0.2) is 44.9 Å². The summed E-state index contributed by atoms with van der Waals surface area (Å²) >= 11 is 0. The summed E-state index contributed by atoms with van der Waals surface area (Å²) in [5.41, 5.74) is 2.61. The van der Waals surface area contributed by atoms with Crippen LogP contribution in [0.2, 0.25) is 0 Å². The zero-order chi connectivity index (χ0) is 16.1. The summed E-state index contributed by atoms with van der Waals surface area (Å²) in [6, 6.07) is 6.49. The number of benzene rings is 1. The Morgan fingerprint density at radius 2 is 2.17 bits per heavy atom. The SMILES string of the molecule is CN=C(NCCc1ccc2c(c1)CCO2)NCC1(C)CCCO1.I. The third-order valence-electron chi connectivity index (χ3n) is 4.61. The van der Waals surface area contributed by atoms with Gasteiger partial charge in [0.15, 0.2) is 5.96 Å². The summed E-state index contributed by atoms with van der Waals surface area (Å²) in [6.07, 6.45) is 4.25. The van der Waals surface area contributed by atoms with E-state index >= 15 is 0 Å². The molecule has 1 fully saturated rings. The molecule has 1 atom stereocenters. The van der Waals surface area contributed by atoms with Gasteiger partial charge in [0.2, 0.25) is 0 Å². The Morgan fingerprint density at radius 3 is 2.92 bits per heavy atom. The standard InChI is InChI=1S/C18H27N3O2.HI/c1-18(8-3-10-23-18)13-21-17(19-2)20-9-6-14-4-5-16-15(12-14)7-11-22-16;/h4-5,12H,3,6-11,13H2,1-2H3,(H2,19,20,21);1H. The number of nitrogens with zero attached hydrogens (tertiary/aromatic N) is 1. The molecule has 3 rings (SSSR count). The molecule has 6 heteroatoms. The largest absolute Gasteiger partial charge is 0.493 e. The second-order valence-corrected chi connectivity index (χ2v) is 6.55. The molecule has 0 amide bonds. The van der Waals surface area contributed by atoms with Crippen molar-refractivity contribution in [3.63, 3.8) is 0 Å². The molecule has 1 saturated heterocycles. The van der Waals surface area contributed by atoms with Crippen molar-refractivity contribution in [2.24, 2.45) is 4.99 Å². The van der Waals surface area contributed by atoms with E-state index in [1.54, 1.807) is 7.05 Å². The van der Waals surface area contributed by atoms with Crippen molar-refractivity contribution < 1.29 is 9.47 Å². The fraction of sp³-hybridized carbons (Fsp3) is 0.611. The normalized spacial score (nSPS) is 22.5. The first kappa shape index (κ1) is 19.3. The van der Waals surface area contributed by atoms with Gasteiger partial charge in [0.05, 0.1) is 12.2 Å². The van der Waals surface area contributed by atoms with Gasteiger partial charge in [-0.15, -0.1) is 24.0 Å². The van der Waals surface area contributed by atoms with E-state index in [-0.39, 0.29) is 29.6 Å². The van der Waals surface area contributed by atoms with E-state index in [1.807, 2.05) is 0 Å².